The minimum atomic E-state index is 0. The third-order valence-electron chi connectivity index (χ3n) is 2.17. The molecule has 0 aromatic heterocycles. The first-order valence-electron chi connectivity index (χ1n) is 5.54. The molecule has 0 atom stereocenters. The third kappa shape index (κ3) is 4.28. The summed E-state index contributed by atoms with van der Waals surface area (Å²) < 4.78 is 11.1. The van der Waals surface area contributed by atoms with Gasteiger partial charge in [0.1, 0.15) is 23.9 Å². The lowest BCUT2D eigenvalue weighted by Gasteiger charge is -2.08. The molecule has 2 aromatic carbocycles. The number of rotatable bonds is 5. The third-order valence-corrected chi connectivity index (χ3v) is 2.17. The molecule has 0 amide bonds. The smallest absolute Gasteiger partial charge is 0.131 e. The van der Waals surface area contributed by atoms with Crippen LogP contribution in [0.25, 0.3) is 0 Å². The second-order valence-electron chi connectivity index (χ2n) is 3.53. The van der Waals surface area contributed by atoms with Crippen molar-refractivity contribution >= 4 is 0 Å². The number of hydrogen-bond donors (Lipinski definition) is 1. The van der Waals surface area contributed by atoms with Gasteiger partial charge < -0.3 is 27.6 Å². The van der Waals surface area contributed by atoms with Crippen LogP contribution in [0.5, 0.6) is 17.2 Å². The molecule has 0 fully saturated rings. The fourth-order valence-corrected chi connectivity index (χ4v) is 1.43. The molecule has 0 aliphatic carbocycles. The van der Waals surface area contributed by atoms with E-state index < -0.39 is 0 Å². The van der Waals surface area contributed by atoms with Gasteiger partial charge in [-0.3, -0.25) is 0 Å². The van der Waals surface area contributed by atoms with E-state index in [0.29, 0.717) is 13.2 Å². The largest absolute Gasteiger partial charge is 1.00 e. The predicted octanol–water partition coefficient (Wildman–Crippen LogP) is -0.180. The van der Waals surface area contributed by atoms with E-state index in [4.69, 9.17) is 15.2 Å². The van der Waals surface area contributed by atoms with Gasteiger partial charge >= 0.3 is 0 Å². The van der Waals surface area contributed by atoms with Gasteiger partial charge in [0.2, 0.25) is 0 Å². The van der Waals surface area contributed by atoms with Gasteiger partial charge in [0.25, 0.3) is 0 Å². The maximum atomic E-state index is 5.69. The molecule has 18 heavy (non-hydrogen) atoms. The zero-order valence-electron chi connectivity index (χ0n) is 9.88. The average molecular weight is 265 g/mol. The monoisotopic (exact) mass is 264 g/mol. The van der Waals surface area contributed by atoms with Crippen molar-refractivity contribution in [2.45, 2.75) is 0 Å². The lowest BCUT2D eigenvalue weighted by Crippen LogP contribution is -3.00. The summed E-state index contributed by atoms with van der Waals surface area (Å²) in [4.78, 5) is 0. The highest BCUT2D eigenvalue weighted by Gasteiger charge is 1.99. The van der Waals surface area contributed by atoms with Crippen LogP contribution in [-0.4, -0.2) is 13.2 Å². The molecule has 3 nitrogen and oxygen atoms in total. The molecule has 2 aromatic rings. The van der Waals surface area contributed by atoms with E-state index in [9.17, 15) is 0 Å². The highest BCUT2D eigenvalue weighted by Crippen LogP contribution is 2.24. The Balaban J connectivity index is 0.00000162. The van der Waals surface area contributed by atoms with Crippen molar-refractivity contribution in [3.8, 4) is 17.2 Å². The highest BCUT2D eigenvalue weighted by molar-refractivity contribution is 5.36. The quantitative estimate of drug-likeness (QED) is 0.815. The Hall–Kier alpha value is -1.71. The Labute approximate surface area is 113 Å². The molecule has 2 rings (SSSR count). The Kier molecular flexibility index (Phi) is 6.05. The van der Waals surface area contributed by atoms with E-state index in [1.807, 2.05) is 54.6 Å². The van der Waals surface area contributed by atoms with Gasteiger partial charge in [-0.15, -0.1) is 0 Å². The van der Waals surface area contributed by atoms with Crippen LogP contribution in [0.4, 0.5) is 0 Å². The second kappa shape index (κ2) is 7.58. The highest BCUT2D eigenvalue weighted by atomic mass is 35.5. The number of nitrogens with two attached hydrogens (primary N) is 1. The molecule has 0 unspecified atom stereocenters. The minimum absolute atomic E-state index is 0. The standard InChI is InChI=1S/C14H15NO2.ClH/c15-9-10-16-13-7-4-8-14(11-13)17-12-5-2-1-3-6-12;/h1-8,11H,9-10,15H2;1H/p-1. The van der Waals surface area contributed by atoms with Crippen molar-refractivity contribution in [3.63, 3.8) is 0 Å². The predicted molar refractivity (Wildman–Crippen MR) is 67.5 cm³/mol. The molecule has 0 radical (unpaired) electrons. The summed E-state index contributed by atoms with van der Waals surface area (Å²) in [7, 11) is 0. The summed E-state index contributed by atoms with van der Waals surface area (Å²) in [6, 6.07) is 17.2. The van der Waals surface area contributed by atoms with E-state index in [0.717, 1.165) is 17.2 Å². The lowest BCUT2D eigenvalue weighted by molar-refractivity contribution is -0.00000449. The van der Waals surface area contributed by atoms with Crippen molar-refractivity contribution in [1.29, 1.82) is 0 Å². The normalized spacial score (nSPS) is 9.39. The van der Waals surface area contributed by atoms with Crippen molar-refractivity contribution in [3.05, 3.63) is 54.6 Å². The molecule has 0 saturated carbocycles. The van der Waals surface area contributed by atoms with Crippen molar-refractivity contribution in [1.82, 2.24) is 0 Å². The molecule has 0 spiro atoms. The van der Waals surface area contributed by atoms with Gasteiger partial charge in [-0.25, -0.2) is 0 Å². The first-order valence-corrected chi connectivity index (χ1v) is 5.54. The second-order valence-corrected chi connectivity index (χ2v) is 3.53. The number of ether oxygens (including phenoxy) is 2. The molecule has 4 heteroatoms. The van der Waals surface area contributed by atoms with Crippen LogP contribution < -0.4 is 27.6 Å². The SMILES string of the molecule is NCCOc1cccc(Oc2ccccc2)c1.[Cl-]. The zero-order chi connectivity index (χ0) is 11.9. The Morgan fingerprint density at radius 1 is 0.833 bits per heavy atom. The molecule has 0 heterocycles. The summed E-state index contributed by atoms with van der Waals surface area (Å²) in [6.07, 6.45) is 0. The van der Waals surface area contributed by atoms with Crippen LogP contribution in [0.1, 0.15) is 0 Å². The maximum Gasteiger partial charge on any atom is 0.131 e. The van der Waals surface area contributed by atoms with Gasteiger partial charge in [0, 0.05) is 12.6 Å². The van der Waals surface area contributed by atoms with Gasteiger partial charge in [-0.1, -0.05) is 24.3 Å². The fourth-order valence-electron chi connectivity index (χ4n) is 1.43. The topological polar surface area (TPSA) is 44.5 Å². The number of benzene rings is 2. The van der Waals surface area contributed by atoms with Crippen LogP contribution in [0.2, 0.25) is 0 Å². The molecule has 0 aliphatic heterocycles. The van der Waals surface area contributed by atoms with E-state index in [1.165, 1.54) is 0 Å². The molecule has 0 saturated heterocycles. The van der Waals surface area contributed by atoms with Crippen LogP contribution in [0.15, 0.2) is 54.6 Å². The van der Waals surface area contributed by atoms with Gasteiger partial charge in [0.15, 0.2) is 0 Å². The molecule has 2 N–H and O–H groups in total. The van der Waals surface area contributed by atoms with Crippen molar-refractivity contribution in [2.24, 2.45) is 5.73 Å². The van der Waals surface area contributed by atoms with Gasteiger partial charge in [-0.2, -0.15) is 0 Å². The van der Waals surface area contributed by atoms with Crippen LogP contribution in [-0.2, 0) is 0 Å². The molecule has 96 valence electrons. The van der Waals surface area contributed by atoms with Gasteiger partial charge in [0.05, 0.1) is 0 Å². The maximum absolute atomic E-state index is 5.69. The van der Waals surface area contributed by atoms with Crippen molar-refractivity contribution in [2.75, 3.05) is 13.2 Å². The zero-order valence-corrected chi connectivity index (χ0v) is 10.6. The first kappa shape index (κ1) is 14.4. The van der Waals surface area contributed by atoms with Gasteiger partial charge in [-0.05, 0) is 24.3 Å². The molecule has 0 bridgehead atoms. The Morgan fingerprint density at radius 3 is 2.22 bits per heavy atom. The molecule has 0 aliphatic rings. The summed E-state index contributed by atoms with van der Waals surface area (Å²) in [5, 5.41) is 0. The average Bonchev–Trinajstić information content (AvgIpc) is 2.38. The Morgan fingerprint density at radius 2 is 1.50 bits per heavy atom. The fraction of sp³-hybridized carbons (Fsp3) is 0.143. The minimum Gasteiger partial charge on any atom is -1.00 e. The summed E-state index contributed by atoms with van der Waals surface area (Å²) in [6.45, 7) is 1.01. The van der Waals surface area contributed by atoms with Crippen molar-refractivity contribution < 1.29 is 21.9 Å². The van der Waals surface area contributed by atoms with E-state index in [1.54, 1.807) is 0 Å². The molecular weight excluding hydrogens is 250 g/mol. The lowest BCUT2D eigenvalue weighted by atomic mass is 10.3. The van der Waals surface area contributed by atoms with Crippen LogP contribution in [0.3, 0.4) is 0 Å². The van der Waals surface area contributed by atoms with Crippen LogP contribution >= 0.6 is 0 Å². The number of halogens is 1. The summed E-state index contributed by atoms with van der Waals surface area (Å²) in [5.74, 6) is 2.33. The molecular formula is C14H15ClNO2-. The van der Waals surface area contributed by atoms with E-state index >= 15 is 0 Å². The Bertz CT molecular complexity index is 462. The van der Waals surface area contributed by atoms with E-state index in [2.05, 4.69) is 0 Å². The first-order chi connectivity index (χ1) is 8.38. The number of hydrogen-bond acceptors (Lipinski definition) is 3. The number of para-hydroxylation sites is 1. The summed E-state index contributed by atoms with van der Waals surface area (Å²) >= 11 is 0. The van der Waals surface area contributed by atoms with E-state index in [-0.39, 0.29) is 12.4 Å². The summed E-state index contributed by atoms with van der Waals surface area (Å²) in [5.41, 5.74) is 5.38. The van der Waals surface area contributed by atoms with Crippen LogP contribution in [0, 0.1) is 0 Å².